The lowest BCUT2D eigenvalue weighted by atomic mass is 10.1. The minimum atomic E-state index is -0.872. The summed E-state index contributed by atoms with van der Waals surface area (Å²) in [6.07, 6.45) is 1.83. The van der Waals surface area contributed by atoms with Crippen LogP contribution in [-0.4, -0.2) is 15.6 Å². The van der Waals surface area contributed by atoms with Crippen LogP contribution in [0.25, 0.3) is 0 Å². The van der Waals surface area contributed by atoms with Crippen LogP contribution >= 0.6 is 0 Å². The summed E-state index contributed by atoms with van der Waals surface area (Å²) in [5.74, 6) is -0.872. The fraction of sp³-hybridized carbons (Fsp3) is 0.267. The molecule has 0 atom stereocenters. The molecule has 0 spiro atoms. The van der Waals surface area contributed by atoms with E-state index in [1.54, 1.807) is 4.57 Å². The second-order valence-corrected chi connectivity index (χ2v) is 4.71. The van der Waals surface area contributed by atoms with Crippen LogP contribution in [0.4, 0.5) is 0 Å². The number of aromatic carboxylic acids is 1. The number of nitrogens with zero attached hydrogens (tertiary/aromatic N) is 1. The Morgan fingerprint density at radius 3 is 2.56 bits per heavy atom. The highest BCUT2D eigenvalue weighted by molar-refractivity contribution is 5.87. The molecule has 0 bridgehead atoms. The van der Waals surface area contributed by atoms with Crippen molar-refractivity contribution in [3.05, 3.63) is 58.4 Å². The minimum absolute atomic E-state index is 0.371. The predicted octanol–water partition coefficient (Wildman–Crippen LogP) is 3.16. The molecule has 3 heteroatoms. The lowest BCUT2D eigenvalue weighted by Crippen LogP contribution is -2.10. The second-order valence-electron chi connectivity index (χ2n) is 4.71. The highest BCUT2D eigenvalue weighted by Crippen LogP contribution is 2.16. The van der Waals surface area contributed by atoms with E-state index in [2.05, 4.69) is 18.2 Å². The molecule has 0 aliphatic rings. The van der Waals surface area contributed by atoms with Gasteiger partial charge in [0.25, 0.3) is 0 Å². The lowest BCUT2D eigenvalue weighted by molar-refractivity contribution is 0.0685. The third kappa shape index (κ3) is 2.30. The van der Waals surface area contributed by atoms with E-state index in [-0.39, 0.29) is 0 Å². The fourth-order valence-corrected chi connectivity index (χ4v) is 2.16. The summed E-state index contributed by atoms with van der Waals surface area (Å²) in [5.41, 5.74) is 4.71. The van der Waals surface area contributed by atoms with E-state index in [0.717, 1.165) is 11.1 Å². The molecule has 1 heterocycles. The zero-order valence-corrected chi connectivity index (χ0v) is 10.9. The van der Waals surface area contributed by atoms with Crippen molar-refractivity contribution in [2.75, 3.05) is 0 Å². The molecular formula is C15H17NO2. The Labute approximate surface area is 107 Å². The molecule has 0 radical (unpaired) electrons. The maximum atomic E-state index is 11.2. The molecule has 0 aliphatic carbocycles. The van der Waals surface area contributed by atoms with Gasteiger partial charge in [-0.2, -0.15) is 0 Å². The molecule has 3 nitrogen and oxygen atoms in total. The molecule has 18 heavy (non-hydrogen) atoms. The average molecular weight is 243 g/mol. The number of rotatable bonds is 3. The van der Waals surface area contributed by atoms with Crippen LogP contribution in [0.2, 0.25) is 0 Å². The standard InChI is InChI=1S/C15H17NO2/c1-10-4-5-11(2)13(8-10)9-16-7-6-12(3)14(16)15(17)18/h4-8H,9H2,1-3H3,(H,17,18). The first kappa shape index (κ1) is 12.4. The zero-order chi connectivity index (χ0) is 13.3. The molecule has 0 saturated carbocycles. The highest BCUT2D eigenvalue weighted by atomic mass is 16.4. The molecule has 0 fully saturated rings. The molecule has 0 unspecified atom stereocenters. The van der Waals surface area contributed by atoms with Crippen LogP contribution < -0.4 is 0 Å². The molecule has 2 rings (SSSR count). The van der Waals surface area contributed by atoms with Gasteiger partial charge in [0.1, 0.15) is 5.69 Å². The quantitative estimate of drug-likeness (QED) is 0.899. The van der Waals surface area contributed by atoms with Crippen LogP contribution in [0.5, 0.6) is 0 Å². The van der Waals surface area contributed by atoms with Gasteiger partial charge in [0.15, 0.2) is 0 Å². The third-order valence-electron chi connectivity index (χ3n) is 3.21. The Balaban J connectivity index is 2.40. The first-order valence-corrected chi connectivity index (χ1v) is 5.94. The molecule has 1 aromatic heterocycles. The number of carbonyl (C=O) groups is 1. The maximum Gasteiger partial charge on any atom is 0.352 e. The number of hydrogen-bond acceptors (Lipinski definition) is 1. The number of carboxylic acids is 1. The first-order chi connectivity index (χ1) is 8.49. The van der Waals surface area contributed by atoms with E-state index >= 15 is 0 Å². The van der Waals surface area contributed by atoms with Crippen LogP contribution in [0, 0.1) is 20.8 Å². The normalized spacial score (nSPS) is 10.6. The number of benzene rings is 1. The van der Waals surface area contributed by atoms with Crippen LogP contribution in [0.3, 0.4) is 0 Å². The lowest BCUT2D eigenvalue weighted by Gasteiger charge is -2.10. The minimum Gasteiger partial charge on any atom is -0.477 e. The molecule has 1 N–H and O–H groups in total. The van der Waals surface area contributed by atoms with Crippen molar-refractivity contribution in [3.8, 4) is 0 Å². The van der Waals surface area contributed by atoms with Crippen LogP contribution in [0.1, 0.15) is 32.7 Å². The van der Waals surface area contributed by atoms with E-state index < -0.39 is 5.97 Å². The molecule has 94 valence electrons. The van der Waals surface area contributed by atoms with Gasteiger partial charge in [0, 0.05) is 12.7 Å². The van der Waals surface area contributed by atoms with Crippen molar-refractivity contribution >= 4 is 5.97 Å². The van der Waals surface area contributed by atoms with E-state index in [1.807, 2.05) is 33.0 Å². The highest BCUT2D eigenvalue weighted by Gasteiger charge is 2.13. The van der Waals surface area contributed by atoms with Gasteiger partial charge in [0.2, 0.25) is 0 Å². The van der Waals surface area contributed by atoms with E-state index in [4.69, 9.17) is 0 Å². The SMILES string of the molecule is Cc1ccc(C)c(Cn2ccc(C)c2C(=O)O)c1. The summed E-state index contributed by atoms with van der Waals surface area (Å²) >= 11 is 0. The Kier molecular flexibility index (Phi) is 3.24. The third-order valence-corrected chi connectivity index (χ3v) is 3.21. The van der Waals surface area contributed by atoms with Crippen molar-refractivity contribution in [1.29, 1.82) is 0 Å². The van der Waals surface area contributed by atoms with Gasteiger partial charge >= 0.3 is 5.97 Å². The van der Waals surface area contributed by atoms with Crippen LogP contribution in [-0.2, 0) is 6.54 Å². The summed E-state index contributed by atoms with van der Waals surface area (Å²) in [6.45, 7) is 6.51. The van der Waals surface area contributed by atoms with Gasteiger partial charge in [-0.25, -0.2) is 4.79 Å². The molecule has 2 aromatic rings. The number of carboxylic acid groups (broad SMARTS) is 1. The molecule has 0 saturated heterocycles. The summed E-state index contributed by atoms with van der Waals surface area (Å²) in [4.78, 5) is 11.2. The number of aromatic nitrogens is 1. The molecular weight excluding hydrogens is 226 g/mol. The predicted molar refractivity (Wildman–Crippen MR) is 71.1 cm³/mol. The van der Waals surface area contributed by atoms with Gasteiger partial charge in [-0.1, -0.05) is 23.8 Å². The van der Waals surface area contributed by atoms with Crippen molar-refractivity contribution in [2.24, 2.45) is 0 Å². The Bertz CT molecular complexity index is 597. The van der Waals surface area contributed by atoms with E-state index in [0.29, 0.717) is 12.2 Å². The summed E-state index contributed by atoms with van der Waals surface area (Å²) in [5, 5.41) is 9.22. The topological polar surface area (TPSA) is 42.2 Å². The first-order valence-electron chi connectivity index (χ1n) is 5.94. The molecule has 0 amide bonds. The fourth-order valence-electron chi connectivity index (χ4n) is 2.16. The largest absolute Gasteiger partial charge is 0.477 e. The Morgan fingerprint density at radius 1 is 1.17 bits per heavy atom. The Morgan fingerprint density at radius 2 is 1.89 bits per heavy atom. The molecule has 1 aromatic carbocycles. The smallest absolute Gasteiger partial charge is 0.352 e. The van der Waals surface area contributed by atoms with Gasteiger partial charge in [-0.05, 0) is 43.5 Å². The number of aryl methyl sites for hydroxylation is 3. The van der Waals surface area contributed by atoms with Gasteiger partial charge in [0.05, 0.1) is 0 Å². The van der Waals surface area contributed by atoms with E-state index in [9.17, 15) is 9.90 Å². The summed E-state index contributed by atoms with van der Waals surface area (Å²) < 4.78 is 1.79. The average Bonchev–Trinajstić information content (AvgIpc) is 2.65. The second kappa shape index (κ2) is 4.69. The van der Waals surface area contributed by atoms with Gasteiger partial charge in [-0.15, -0.1) is 0 Å². The van der Waals surface area contributed by atoms with Crippen molar-refractivity contribution in [3.63, 3.8) is 0 Å². The van der Waals surface area contributed by atoms with E-state index in [1.165, 1.54) is 11.1 Å². The summed E-state index contributed by atoms with van der Waals surface area (Å²) in [6, 6.07) is 8.09. The number of hydrogen-bond donors (Lipinski definition) is 1. The van der Waals surface area contributed by atoms with Gasteiger partial charge in [-0.3, -0.25) is 0 Å². The van der Waals surface area contributed by atoms with Crippen LogP contribution in [0.15, 0.2) is 30.5 Å². The monoisotopic (exact) mass is 243 g/mol. The van der Waals surface area contributed by atoms with Gasteiger partial charge < -0.3 is 9.67 Å². The molecule has 0 aliphatic heterocycles. The Hall–Kier alpha value is -2.03. The maximum absolute atomic E-state index is 11.2. The summed E-state index contributed by atoms with van der Waals surface area (Å²) in [7, 11) is 0. The van der Waals surface area contributed by atoms with Crippen molar-refractivity contribution in [2.45, 2.75) is 27.3 Å². The zero-order valence-electron chi connectivity index (χ0n) is 10.9. The van der Waals surface area contributed by atoms with Crippen molar-refractivity contribution in [1.82, 2.24) is 4.57 Å². The van der Waals surface area contributed by atoms with Crippen molar-refractivity contribution < 1.29 is 9.90 Å².